The molecule has 2 heterocycles. The van der Waals surface area contributed by atoms with Crippen LogP contribution in [0.3, 0.4) is 0 Å². The number of carbonyl (C=O) groups is 2. The van der Waals surface area contributed by atoms with Crippen LogP contribution in [0, 0.1) is 0 Å². The van der Waals surface area contributed by atoms with Crippen LogP contribution >= 0.6 is 23.5 Å². The zero-order chi connectivity index (χ0) is 18.8. The van der Waals surface area contributed by atoms with E-state index in [4.69, 9.17) is 4.74 Å². The van der Waals surface area contributed by atoms with Crippen LogP contribution < -0.4 is 15.4 Å². The number of hydrogen-bond donors (Lipinski definition) is 2. The Kier molecular flexibility index (Phi) is 5.31. The fraction of sp³-hybridized carbons (Fsp3) is 0.300. The number of nitrogens with one attached hydrogen (secondary N) is 2. The average Bonchev–Trinajstić information content (AvgIpc) is 2.70. The molecule has 0 aromatic heterocycles. The van der Waals surface area contributed by atoms with Crippen LogP contribution in [0.25, 0.3) is 0 Å². The molecule has 0 unspecified atom stereocenters. The molecule has 0 saturated carbocycles. The molecule has 2 aliphatic rings. The summed E-state index contributed by atoms with van der Waals surface area (Å²) < 4.78 is 5.99. The molecule has 27 heavy (non-hydrogen) atoms. The van der Waals surface area contributed by atoms with Crippen LogP contribution in [0.15, 0.2) is 42.5 Å². The Morgan fingerprint density at radius 1 is 1.15 bits per heavy atom. The van der Waals surface area contributed by atoms with E-state index >= 15 is 0 Å². The molecular weight excluding hydrogens is 380 g/mol. The Morgan fingerprint density at radius 2 is 1.89 bits per heavy atom. The summed E-state index contributed by atoms with van der Waals surface area (Å²) in [6.07, 6.45) is 0.745. The zero-order valence-electron chi connectivity index (χ0n) is 14.9. The fourth-order valence-electron chi connectivity index (χ4n) is 2.96. The van der Waals surface area contributed by atoms with E-state index in [1.165, 1.54) is 23.5 Å². The van der Waals surface area contributed by atoms with Crippen molar-refractivity contribution in [3.63, 3.8) is 0 Å². The van der Waals surface area contributed by atoms with Crippen molar-refractivity contribution in [1.29, 1.82) is 0 Å². The number of hydrogen-bond acceptors (Lipinski definition) is 5. The lowest BCUT2D eigenvalue weighted by Crippen LogP contribution is -2.34. The van der Waals surface area contributed by atoms with E-state index in [9.17, 15) is 9.59 Å². The van der Waals surface area contributed by atoms with E-state index < -0.39 is 6.10 Å². The highest BCUT2D eigenvalue weighted by atomic mass is 32.2. The second kappa shape index (κ2) is 7.86. The molecule has 1 saturated heterocycles. The minimum atomic E-state index is -0.517. The summed E-state index contributed by atoms with van der Waals surface area (Å²) in [5, 5.41) is 5.66. The Morgan fingerprint density at radius 3 is 2.63 bits per heavy atom. The average molecular weight is 401 g/mol. The van der Waals surface area contributed by atoms with Crippen molar-refractivity contribution in [1.82, 2.24) is 0 Å². The van der Waals surface area contributed by atoms with Gasteiger partial charge in [-0.25, -0.2) is 0 Å². The van der Waals surface area contributed by atoms with Crippen molar-refractivity contribution < 1.29 is 14.3 Å². The standard InChI is InChI=1S/C20H20N2O3S2/c1-12-18(23)22-16-11-15(7-8-17(16)25-12)21-19(24)13-3-5-14(6-4-13)20-26-9-2-10-27-20/h3-8,11-12,20H,2,9-10H2,1H3,(H,21,24)(H,22,23)/t12-/m1/s1. The van der Waals surface area contributed by atoms with Crippen LogP contribution in [-0.2, 0) is 4.79 Å². The summed E-state index contributed by atoms with van der Waals surface area (Å²) in [7, 11) is 0. The summed E-state index contributed by atoms with van der Waals surface area (Å²) in [5.41, 5.74) is 3.04. The lowest BCUT2D eigenvalue weighted by molar-refractivity contribution is -0.122. The predicted molar refractivity (Wildman–Crippen MR) is 112 cm³/mol. The first-order chi connectivity index (χ1) is 13.1. The van der Waals surface area contributed by atoms with Gasteiger partial charge in [0.05, 0.1) is 10.3 Å². The Hall–Kier alpha value is -2.12. The molecule has 1 atom stereocenters. The molecule has 2 aromatic rings. The molecule has 2 aromatic carbocycles. The number of rotatable bonds is 3. The van der Waals surface area contributed by atoms with E-state index in [2.05, 4.69) is 10.6 Å². The van der Waals surface area contributed by atoms with Crippen LogP contribution in [0.5, 0.6) is 5.75 Å². The predicted octanol–water partition coefficient (Wildman–Crippen LogP) is 4.53. The van der Waals surface area contributed by atoms with Gasteiger partial charge < -0.3 is 15.4 Å². The monoisotopic (exact) mass is 400 g/mol. The number of thioether (sulfide) groups is 2. The van der Waals surface area contributed by atoms with Gasteiger partial charge in [-0.15, -0.1) is 23.5 Å². The second-order valence-corrected chi connectivity index (χ2v) is 9.19. The van der Waals surface area contributed by atoms with Gasteiger partial charge in [-0.2, -0.15) is 0 Å². The van der Waals surface area contributed by atoms with Crippen LogP contribution in [0.4, 0.5) is 11.4 Å². The molecule has 1 fully saturated rings. The topological polar surface area (TPSA) is 67.4 Å². The van der Waals surface area contributed by atoms with Gasteiger partial charge in [-0.3, -0.25) is 9.59 Å². The first-order valence-electron chi connectivity index (χ1n) is 8.86. The lowest BCUT2D eigenvalue weighted by Gasteiger charge is -2.23. The van der Waals surface area contributed by atoms with Crippen LogP contribution in [-0.4, -0.2) is 29.4 Å². The quantitative estimate of drug-likeness (QED) is 0.792. The van der Waals surface area contributed by atoms with E-state index in [1.807, 2.05) is 47.8 Å². The highest BCUT2D eigenvalue weighted by Crippen LogP contribution is 2.43. The van der Waals surface area contributed by atoms with E-state index in [0.717, 1.165) is 0 Å². The maximum Gasteiger partial charge on any atom is 0.265 e. The van der Waals surface area contributed by atoms with Gasteiger partial charge in [-0.1, -0.05) is 12.1 Å². The zero-order valence-corrected chi connectivity index (χ0v) is 16.5. The highest BCUT2D eigenvalue weighted by molar-refractivity contribution is 8.16. The van der Waals surface area contributed by atoms with Gasteiger partial charge in [0.2, 0.25) is 0 Å². The SMILES string of the molecule is C[C@H]1Oc2ccc(NC(=O)c3ccc(C4SCCCS4)cc3)cc2NC1=O. The summed E-state index contributed by atoms with van der Waals surface area (Å²) in [6.45, 7) is 1.70. The molecule has 2 aliphatic heterocycles. The lowest BCUT2D eigenvalue weighted by atomic mass is 10.1. The Labute approximate surface area is 166 Å². The molecule has 2 amide bonds. The van der Waals surface area contributed by atoms with Crippen molar-refractivity contribution in [3.05, 3.63) is 53.6 Å². The third kappa shape index (κ3) is 4.09. The number of ether oxygens (including phenoxy) is 1. The number of carbonyl (C=O) groups excluding carboxylic acids is 2. The van der Waals surface area contributed by atoms with Gasteiger partial charge >= 0.3 is 0 Å². The van der Waals surface area contributed by atoms with Crippen LogP contribution in [0.2, 0.25) is 0 Å². The number of anilines is 2. The third-order valence-electron chi connectivity index (χ3n) is 4.44. The van der Waals surface area contributed by atoms with Gasteiger partial charge in [-0.05, 0) is 60.7 Å². The molecule has 0 bridgehead atoms. The summed E-state index contributed by atoms with van der Waals surface area (Å²) in [4.78, 5) is 24.3. The second-order valence-electron chi connectivity index (χ2n) is 6.46. The van der Waals surface area contributed by atoms with Crippen LogP contribution in [0.1, 0.15) is 33.8 Å². The first-order valence-corrected chi connectivity index (χ1v) is 11.0. The van der Waals surface area contributed by atoms with E-state index in [-0.39, 0.29) is 11.8 Å². The first kappa shape index (κ1) is 18.3. The van der Waals surface area contributed by atoms with Gasteiger partial charge in [0.1, 0.15) is 5.75 Å². The van der Waals surface area contributed by atoms with Gasteiger partial charge in [0, 0.05) is 11.3 Å². The Balaban J connectivity index is 1.44. The largest absolute Gasteiger partial charge is 0.479 e. The molecular formula is C20H20N2O3S2. The summed E-state index contributed by atoms with van der Waals surface area (Å²) >= 11 is 3.93. The summed E-state index contributed by atoms with van der Waals surface area (Å²) in [5.74, 6) is 2.61. The number of benzene rings is 2. The number of fused-ring (bicyclic) bond motifs is 1. The van der Waals surface area contributed by atoms with Crippen molar-refractivity contribution in [3.8, 4) is 5.75 Å². The minimum absolute atomic E-state index is 0.179. The van der Waals surface area contributed by atoms with E-state index in [1.54, 1.807) is 25.1 Å². The molecule has 140 valence electrons. The Bertz CT molecular complexity index is 864. The van der Waals surface area contributed by atoms with Crippen molar-refractivity contribution in [2.24, 2.45) is 0 Å². The van der Waals surface area contributed by atoms with Gasteiger partial charge in [0.15, 0.2) is 6.10 Å². The van der Waals surface area contributed by atoms with Crippen molar-refractivity contribution >= 4 is 46.7 Å². The van der Waals surface area contributed by atoms with Crippen molar-refractivity contribution in [2.45, 2.75) is 24.0 Å². The molecule has 7 heteroatoms. The number of amides is 2. The molecule has 0 radical (unpaired) electrons. The minimum Gasteiger partial charge on any atom is -0.479 e. The maximum absolute atomic E-state index is 12.5. The molecule has 4 rings (SSSR count). The fourth-order valence-corrected chi connectivity index (χ4v) is 5.86. The van der Waals surface area contributed by atoms with Gasteiger partial charge in [0.25, 0.3) is 11.8 Å². The maximum atomic E-state index is 12.5. The van der Waals surface area contributed by atoms with Crippen molar-refractivity contribution in [2.75, 3.05) is 22.1 Å². The molecule has 5 nitrogen and oxygen atoms in total. The van der Waals surface area contributed by atoms with E-state index in [0.29, 0.717) is 27.3 Å². The molecule has 0 aliphatic carbocycles. The normalized spacial score (nSPS) is 19.6. The summed E-state index contributed by atoms with van der Waals surface area (Å²) in [6, 6.07) is 13.0. The third-order valence-corrected chi connectivity index (χ3v) is 7.46. The highest BCUT2D eigenvalue weighted by Gasteiger charge is 2.24. The molecule has 2 N–H and O–H groups in total. The molecule has 0 spiro atoms. The smallest absolute Gasteiger partial charge is 0.265 e.